The Morgan fingerprint density at radius 2 is 1.34 bits per heavy atom. The Kier molecular flexibility index (Phi) is 22.4. The van der Waals surface area contributed by atoms with E-state index < -0.39 is 20.5 Å². The van der Waals surface area contributed by atoms with Crippen LogP contribution in [-0.4, -0.2) is 34.6 Å². The summed E-state index contributed by atoms with van der Waals surface area (Å²) < 4.78 is 23.5. The van der Waals surface area contributed by atoms with Gasteiger partial charge in [0.2, 0.25) is 10.0 Å². The highest BCUT2D eigenvalue weighted by atomic mass is 32.2. The van der Waals surface area contributed by atoms with Gasteiger partial charge in [-0.25, -0.2) is 13.6 Å². The van der Waals surface area contributed by atoms with Gasteiger partial charge in [-0.15, -0.1) is 12.3 Å². The Morgan fingerprint density at radius 1 is 0.943 bits per heavy atom. The highest BCUT2D eigenvalue weighted by Crippen LogP contribution is 2.33. The van der Waals surface area contributed by atoms with Crippen LogP contribution < -0.4 is 16.6 Å². The van der Waals surface area contributed by atoms with E-state index in [0.29, 0.717) is 11.3 Å². The van der Waals surface area contributed by atoms with E-state index in [1.54, 1.807) is 31.3 Å². The number of amides is 2. The van der Waals surface area contributed by atoms with E-state index in [0.717, 1.165) is 11.1 Å². The Labute approximate surface area is 217 Å². The minimum Gasteiger partial charge on any atom is -0.412 e. The topological polar surface area (TPSA) is 207 Å². The third kappa shape index (κ3) is 16.1. The fraction of sp³-hybridized carbons (Fsp3) is 0.136. The molecular weight excluding hydrogens is 510 g/mol. The molecule has 0 fully saturated rings. The third-order valence-electron chi connectivity index (χ3n) is 3.19. The summed E-state index contributed by atoms with van der Waals surface area (Å²) in [5.41, 5.74) is 11.6. The third-order valence-corrected chi connectivity index (χ3v) is 4.16. The van der Waals surface area contributed by atoms with Crippen LogP contribution in [0.4, 0.5) is 9.59 Å². The summed E-state index contributed by atoms with van der Waals surface area (Å²) in [4.78, 5) is 18.2. The molecule has 0 atom stereocenters. The molecule has 0 unspecified atom stereocenters. The molecule has 2 amide bonds. The summed E-state index contributed by atoms with van der Waals surface area (Å²) in [5, 5.41) is 10.9. The number of nitrogens with zero attached hydrogens (tertiary/aromatic N) is 1. The quantitative estimate of drug-likeness (QED) is 0.216. The lowest BCUT2D eigenvalue weighted by Gasteiger charge is -2.08. The minimum absolute atomic E-state index is 0. The zero-order chi connectivity index (χ0) is 24.7. The van der Waals surface area contributed by atoms with Crippen LogP contribution in [0.15, 0.2) is 65.7 Å². The number of thiol groups is 2. The van der Waals surface area contributed by atoms with Crippen molar-refractivity contribution in [1.82, 2.24) is 10.2 Å². The fourth-order valence-corrected chi connectivity index (χ4v) is 2.99. The van der Waals surface area contributed by atoms with Crippen LogP contribution in [0.3, 0.4) is 0 Å². The zero-order valence-corrected chi connectivity index (χ0v) is 20.1. The van der Waals surface area contributed by atoms with Gasteiger partial charge in [-0.1, -0.05) is 88.6 Å². The summed E-state index contributed by atoms with van der Waals surface area (Å²) in [6, 6.07) is 16.2. The second kappa shape index (κ2) is 20.1. The molecule has 2 aromatic carbocycles. The number of aromatic amines is 1. The number of primary amides is 2. The Balaban J connectivity index is -0.000000294. The molecule has 0 radical (unpaired) electrons. The number of sulfonamides is 1. The zero-order valence-electron chi connectivity index (χ0n) is 17.5. The molecule has 0 aliphatic carbocycles. The van der Waals surface area contributed by atoms with E-state index in [9.17, 15) is 8.42 Å². The Hall–Kier alpha value is -3.28. The molecule has 194 valence electrons. The number of hydrogen-bond donors (Lipinski definition) is 6. The molecule has 3 aromatic rings. The van der Waals surface area contributed by atoms with E-state index in [2.05, 4.69) is 59.3 Å². The van der Waals surface area contributed by atoms with Crippen LogP contribution in [0.25, 0.3) is 22.4 Å². The van der Waals surface area contributed by atoms with E-state index >= 15 is 0 Å². The summed E-state index contributed by atoms with van der Waals surface area (Å²) in [5.74, 6) is 2.25. The van der Waals surface area contributed by atoms with Crippen molar-refractivity contribution < 1.29 is 23.5 Å². The number of nitrogens with one attached hydrogen (secondary N) is 1. The van der Waals surface area contributed by atoms with Gasteiger partial charge >= 0.3 is 0 Å². The number of carbonyl (C=O) groups is 2. The van der Waals surface area contributed by atoms with Crippen LogP contribution in [-0.2, 0) is 10.0 Å². The van der Waals surface area contributed by atoms with Crippen LogP contribution in [0.5, 0.6) is 0 Å². The molecular formula is C22H33N5O5S3. The minimum atomic E-state index is -3.81. The second-order valence-electron chi connectivity index (χ2n) is 5.53. The van der Waals surface area contributed by atoms with Crippen LogP contribution in [0, 0.1) is 12.3 Å². The van der Waals surface area contributed by atoms with Crippen molar-refractivity contribution in [2.75, 3.05) is 0 Å². The largest absolute Gasteiger partial charge is 0.412 e. The van der Waals surface area contributed by atoms with Crippen molar-refractivity contribution >= 4 is 45.8 Å². The number of terminal acetylenes is 1. The number of aromatic nitrogens is 2. The SMILES string of the molecule is C.C.C#CC.NC(=O)S.NC(=O)S.NS(=O)(=O)c1ccccc1-c1[nH]ncc1-c1ccccc1.O. The van der Waals surface area contributed by atoms with Crippen LogP contribution in [0.1, 0.15) is 21.8 Å². The van der Waals surface area contributed by atoms with Gasteiger partial charge in [0, 0.05) is 11.1 Å². The van der Waals surface area contributed by atoms with Crippen molar-refractivity contribution in [3.05, 3.63) is 60.8 Å². The van der Waals surface area contributed by atoms with E-state index in [1.165, 1.54) is 6.07 Å². The van der Waals surface area contributed by atoms with Crippen molar-refractivity contribution in [3.63, 3.8) is 0 Å². The standard InChI is InChI=1S/C15H13N3O2S.C3H4.2CH3NOS.2CH4.H2O/c16-21(19,20)14-9-5-4-8-12(14)15-13(10-17-18-15)11-6-2-1-3-7-11;1-3-2;2*2-1(3)4;;;/h1-10H,(H,17,18)(H2,16,19,20);1H,2H3;2*(H3,2,3,4);2*1H4;1H2. The molecule has 0 saturated carbocycles. The number of rotatable bonds is 3. The molecule has 1 heterocycles. The second-order valence-corrected chi connectivity index (χ2v) is 7.94. The summed E-state index contributed by atoms with van der Waals surface area (Å²) in [6.07, 6.45) is 6.27. The van der Waals surface area contributed by atoms with Gasteiger partial charge in [0.25, 0.3) is 10.5 Å². The smallest absolute Gasteiger partial charge is 0.273 e. The van der Waals surface area contributed by atoms with Crippen molar-refractivity contribution in [1.29, 1.82) is 0 Å². The normalized spacial score (nSPS) is 8.54. The Bertz CT molecular complexity index is 1140. The Morgan fingerprint density at radius 3 is 1.77 bits per heavy atom. The highest BCUT2D eigenvalue weighted by molar-refractivity contribution is 7.96. The van der Waals surface area contributed by atoms with Gasteiger partial charge in [-0.3, -0.25) is 14.7 Å². The van der Waals surface area contributed by atoms with Gasteiger partial charge in [0.15, 0.2) is 0 Å². The van der Waals surface area contributed by atoms with Crippen LogP contribution in [0.2, 0.25) is 0 Å². The monoisotopic (exact) mass is 543 g/mol. The predicted octanol–water partition coefficient (Wildman–Crippen LogP) is 3.47. The number of benzene rings is 2. The first-order chi connectivity index (χ1) is 14.9. The molecule has 9 N–H and O–H groups in total. The van der Waals surface area contributed by atoms with Crippen molar-refractivity contribution in [2.45, 2.75) is 26.7 Å². The first-order valence-electron chi connectivity index (χ1n) is 8.50. The molecule has 1 aromatic heterocycles. The maximum Gasteiger partial charge on any atom is 0.273 e. The number of hydrogen-bond acceptors (Lipinski definition) is 5. The highest BCUT2D eigenvalue weighted by Gasteiger charge is 2.18. The van der Waals surface area contributed by atoms with Gasteiger partial charge < -0.3 is 16.9 Å². The summed E-state index contributed by atoms with van der Waals surface area (Å²) in [7, 11) is -3.81. The fourth-order valence-electron chi connectivity index (χ4n) is 2.25. The molecule has 0 bridgehead atoms. The average molecular weight is 544 g/mol. The van der Waals surface area contributed by atoms with Gasteiger partial charge in [-0.05, 0) is 18.6 Å². The van der Waals surface area contributed by atoms with Gasteiger partial charge in [-0.2, -0.15) is 5.10 Å². The number of primary sulfonamides is 1. The predicted molar refractivity (Wildman–Crippen MR) is 150 cm³/mol. The number of carbonyl (C=O) groups excluding carboxylic acids is 2. The maximum absolute atomic E-state index is 11.7. The number of H-pyrrole nitrogens is 1. The molecule has 35 heavy (non-hydrogen) atoms. The van der Waals surface area contributed by atoms with E-state index in [-0.39, 0.29) is 25.2 Å². The van der Waals surface area contributed by atoms with Crippen LogP contribution >= 0.6 is 25.3 Å². The lowest BCUT2D eigenvalue weighted by molar-refractivity contribution is 0.266. The first kappa shape index (κ1) is 39.0. The number of nitrogens with two attached hydrogens (primary N) is 3. The first-order valence-corrected chi connectivity index (χ1v) is 10.9. The van der Waals surface area contributed by atoms with Crippen molar-refractivity contribution in [3.8, 4) is 34.7 Å². The lowest BCUT2D eigenvalue weighted by Crippen LogP contribution is -2.13. The molecule has 13 heteroatoms. The summed E-state index contributed by atoms with van der Waals surface area (Å²) in [6.45, 7) is 1.65. The lowest BCUT2D eigenvalue weighted by atomic mass is 10.0. The van der Waals surface area contributed by atoms with E-state index in [4.69, 9.17) is 14.7 Å². The molecule has 0 aliphatic rings. The molecule has 0 saturated heterocycles. The molecule has 3 rings (SSSR count). The summed E-state index contributed by atoms with van der Waals surface area (Å²) >= 11 is 6.21. The molecule has 0 spiro atoms. The average Bonchev–Trinajstić information content (AvgIpc) is 3.17. The van der Waals surface area contributed by atoms with Gasteiger partial charge in [0.05, 0.1) is 16.8 Å². The maximum atomic E-state index is 11.7. The van der Waals surface area contributed by atoms with E-state index in [1.807, 2.05) is 30.3 Å². The van der Waals surface area contributed by atoms with Gasteiger partial charge in [0.1, 0.15) is 0 Å². The van der Waals surface area contributed by atoms with Crippen molar-refractivity contribution in [2.24, 2.45) is 16.6 Å². The molecule has 10 nitrogen and oxygen atoms in total. The molecule has 0 aliphatic heterocycles.